The molecule has 0 spiro atoms. The molecule has 4 aromatic rings. The van der Waals surface area contributed by atoms with E-state index in [1.807, 2.05) is 42.5 Å². The van der Waals surface area contributed by atoms with Crippen LogP contribution in [0.15, 0.2) is 73.1 Å². The number of aryl methyl sites for hydroxylation is 1. The molecule has 1 aliphatic heterocycles. The SMILES string of the molecule is O=C(O)CCc1c[nH]c2ncc(NC(=O)NC(c3ccccc3)c3ccccc3N3CCCCC3)cc12. The zero-order chi connectivity index (χ0) is 25.6. The second-order valence-electron chi connectivity index (χ2n) is 9.38. The predicted octanol–water partition coefficient (Wildman–Crippen LogP) is 5.48. The minimum atomic E-state index is -0.854. The Hall–Kier alpha value is -4.33. The van der Waals surface area contributed by atoms with Crippen molar-refractivity contribution in [2.24, 2.45) is 0 Å². The fourth-order valence-electron chi connectivity index (χ4n) is 5.01. The molecule has 8 heteroatoms. The highest BCUT2D eigenvalue weighted by molar-refractivity contribution is 5.93. The number of nitrogens with zero attached hydrogens (tertiary/aromatic N) is 2. The number of hydrogen-bond acceptors (Lipinski definition) is 4. The monoisotopic (exact) mass is 497 g/mol. The summed E-state index contributed by atoms with van der Waals surface area (Å²) in [6, 6.07) is 19.4. The lowest BCUT2D eigenvalue weighted by atomic mass is 9.96. The van der Waals surface area contributed by atoms with Gasteiger partial charge in [-0.15, -0.1) is 0 Å². The van der Waals surface area contributed by atoms with Crippen LogP contribution in [0.5, 0.6) is 0 Å². The number of aromatic amines is 1. The smallest absolute Gasteiger partial charge is 0.320 e. The minimum Gasteiger partial charge on any atom is -0.481 e. The molecule has 0 bridgehead atoms. The zero-order valence-electron chi connectivity index (χ0n) is 20.6. The number of amides is 2. The number of pyridine rings is 1. The number of nitrogens with one attached hydrogen (secondary N) is 3. The topological polar surface area (TPSA) is 110 Å². The fourth-order valence-corrected chi connectivity index (χ4v) is 5.01. The zero-order valence-corrected chi connectivity index (χ0v) is 20.6. The highest BCUT2D eigenvalue weighted by Gasteiger charge is 2.23. The normalized spacial score (nSPS) is 14.3. The van der Waals surface area contributed by atoms with Crippen molar-refractivity contribution in [3.8, 4) is 0 Å². The summed E-state index contributed by atoms with van der Waals surface area (Å²) < 4.78 is 0. The van der Waals surface area contributed by atoms with E-state index in [0.29, 0.717) is 17.8 Å². The molecule has 2 aromatic carbocycles. The molecular weight excluding hydrogens is 466 g/mol. The van der Waals surface area contributed by atoms with Gasteiger partial charge in [0, 0.05) is 42.3 Å². The van der Waals surface area contributed by atoms with Gasteiger partial charge in [0.1, 0.15) is 5.65 Å². The molecule has 0 saturated carbocycles. The third-order valence-corrected chi connectivity index (χ3v) is 6.84. The number of anilines is 2. The van der Waals surface area contributed by atoms with Crippen LogP contribution in [0.3, 0.4) is 0 Å². The second kappa shape index (κ2) is 11.2. The summed E-state index contributed by atoms with van der Waals surface area (Å²) in [5.74, 6) is -0.854. The standard InChI is InChI=1S/C29H31N5O3/c35-26(36)14-13-21-18-30-28-24(21)17-22(19-31-28)32-29(37)33-27(20-9-3-1-4-10-20)23-11-5-6-12-25(23)34-15-7-2-8-16-34/h1,3-6,9-12,17-19,27H,2,7-8,13-16H2,(H,30,31)(H,35,36)(H2,32,33,37). The Labute approximate surface area is 215 Å². The molecule has 1 atom stereocenters. The summed E-state index contributed by atoms with van der Waals surface area (Å²) in [4.78, 5) is 34.2. The Morgan fingerprint density at radius 2 is 1.78 bits per heavy atom. The molecule has 1 fully saturated rings. The molecule has 0 aliphatic carbocycles. The van der Waals surface area contributed by atoms with E-state index in [-0.39, 0.29) is 18.5 Å². The molecule has 0 radical (unpaired) electrons. The minimum absolute atomic E-state index is 0.0281. The first-order valence-electron chi connectivity index (χ1n) is 12.7. The lowest BCUT2D eigenvalue weighted by Gasteiger charge is -2.33. The van der Waals surface area contributed by atoms with Gasteiger partial charge in [-0.05, 0) is 48.9 Å². The highest BCUT2D eigenvalue weighted by atomic mass is 16.4. The number of H-pyrrole nitrogens is 1. The first-order chi connectivity index (χ1) is 18.1. The van der Waals surface area contributed by atoms with Gasteiger partial charge in [0.25, 0.3) is 0 Å². The van der Waals surface area contributed by atoms with E-state index in [2.05, 4.69) is 43.7 Å². The van der Waals surface area contributed by atoms with Gasteiger partial charge in [0.15, 0.2) is 0 Å². The molecule has 2 amide bonds. The molecule has 5 rings (SSSR count). The average molecular weight is 498 g/mol. The van der Waals surface area contributed by atoms with Crippen molar-refractivity contribution in [3.63, 3.8) is 0 Å². The van der Waals surface area contributed by atoms with Crippen molar-refractivity contribution < 1.29 is 14.7 Å². The maximum Gasteiger partial charge on any atom is 0.320 e. The Bertz CT molecular complexity index is 1380. The van der Waals surface area contributed by atoms with Gasteiger partial charge < -0.3 is 25.6 Å². The molecule has 1 saturated heterocycles. The molecule has 4 N–H and O–H groups in total. The van der Waals surface area contributed by atoms with Gasteiger partial charge in [-0.2, -0.15) is 0 Å². The van der Waals surface area contributed by atoms with Crippen molar-refractivity contribution in [2.45, 2.75) is 38.1 Å². The largest absolute Gasteiger partial charge is 0.481 e. The number of benzene rings is 2. The summed E-state index contributed by atoms with van der Waals surface area (Å²) in [7, 11) is 0. The predicted molar refractivity (Wildman–Crippen MR) is 145 cm³/mol. The van der Waals surface area contributed by atoms with Crippen LogP contribution in [-0.2, 0) is 11.2 Å². The van der Waals surface area contributed by atoms with Crippen LogP contribution in [0.1, 0.15) is 48.4 Å². The van der Waals surface area contributed by atoms with Crippen LogP contribution in [0.2, 0.25) is 0 Å². The number of piperidine rings is 1. The Balaban J connectivity index is 1.40. The van der Waals surface area contributed by atoms with E-state index in [4.69, 9.17) is 5.11 Å². The number of carbonyl (C=O) groups excluding carboxylic acids is 1. The van der Waals surface area contributed by atoms with E-state index in [9.17, 15) is 9.59 Å². The van der Waals surface area contributed by atoms with Gasteiger partial charge in [-0.25, -0.2) is 9.78 Å². The average Bonchev–Trinajstić information content (AvgIpc) is 3.34. The van der Waals surface area contributed by atoms with Crippen LogP contribution in [-0.4, -0.2) is 40.2 Å². The van der Waals surface area contributed by atoms with Gasteiger partial charge in [0.05, 0.1) is 17.9 Å². The lowest BCUT2D eigenvalue weighted by Crippen LogP contribution is -2.35. The molecule has 2 aromatic heterocycles. The van der Waals surface area contributed by atoms with Crippen molar-refractivity contribution in [1.82, 2.24) is 15.3 Å². The van der Waals surface area contributed by atoms with Gasteiger partial charge >= 0.3 is 12.0 Å². The molecule has 1 aliphatic rings. The Morgan fingerprint density at radius 1 is 1.03 bits per heavy atom. The van der Waals surface area contributed by atoms with E-state index in [1.165, 1.54) is 19.3 Å². The Kier molecular flexibility index (Phi) is 7.35. The van der Waals surface area contributed by atoms with Crippen molar-refractivity contribution in [2.75, 3.05) is 23.3 Å². The molecule has 3 heterocycles. The van der Waals surface area contributed by atoms with E-state index in [0.717, 1.165) is 40.9 Å². The second-order valence-corrected chi connectivity index (χ2v) is 9.38. The molecular formula is C29H31N5O3. The fraction of sp³-hybridized carbons (Fsp3) is 0.276. The number of carbonyl (C=O) groups is 2. The number of aromatic nitrogens is 2. The summed E-state index contributed by atoms with van der Waals surface area (Å²) in [5.41, 5.74) is 5.25. The number of urea groups is 1. The van der Waals surface area contributed by atoms with Crippen molar-refractivity contribution in [3.05, 3.63) is 89.7 Å². The summed E-state index contributed by atoms with van der Waals surface area (Å²) >= 11 is 0. The van der Waals surface area contributed by atoms with Crippen molar-refractivity contribution in [1.29, 1.82) is 0 Å². The van der Waals surface area contributed by atoms with Crippen LogP contribution >= 0.6 is 0 Å². The van der Waals surface area contributed by atoms with Crippen LogP contribution in [0.4, 0.5) is 16.2 Å². The lowest BCUT2D eigenvalue weighted by molar-refractivity contribution is -0.136. The van der Waals surface area contributed by atoms with Crippen LogP contribution in [0, 0.1) is 0 Å². The van der Waals surface area contributed by atoms with Crippen LogP contribution < -0.4 is 15.5 Å². The van der Waals surface area contributed by atoms with E-state index >= 15 is 0 Å². The van der Waals surface area contributed by atoms with E-state index < -0.39 is 5.97 Å². The molecule has 1 unspecified atom stereocenters. The number of hydrogen-bond donors (Lipinski definition) is 4. The maximum atomic E-state index is 13.3. The first kappa shape index (κ1) is 24.4. The Morgan fingerprint density at radius 3 is 2.57 bits per heavy atom. The van der Waals surface area contributed by atoms with Crippen LogP contribution in [0.25, 0.3) is 11.0 Å². The third-order valence-electron chi connectivity index (χ3n) is 6.84. The summed E-state index contributed by atoms with van der Waals surface area (Å²) in [6.45, 7) is 2.02. The molecule has 190 valence electrons. The number of carboxylic acid groups (broad SMARTS) is 1. The third kappa shape index (κ3) is 5.74. The van der Waals surface area contributed by atoms with Gasteiger partial charge in [-0.1, -0.05) is 48.5 Å². The number of para-hydroxylation sites is 1. The summed E-state index contributed by atoms with van der Waals surface area (Å²) in [5, 5.41) is 16.0. The van der Waals surface area contributed by atoms with E-state index in [1.54, 1.807) is 12.4 Å². The molecule has 8 nitrogen and oxygen atoms in total. The number of carboxylic acids is 1. The molecule has 37 heavy (non-hydrogen) atoms. The van der Waals surface area contributed by atoms with Gasteiger partial charge in [0.2, 0.25) is 0 Å². The van der Waals surface area contributed by atoms with Gasteiger partial charge in [-0.3, -0.25) is 4.79 Å². The van der Waals surface area contributed by atoms with Crippen molar-refractivity contribution >= 4 is 34.4 Å². The number of aliphatic carboxylic acids is 1. The number of fused-ring (bicyclic) bond motifs is 1. The maximum absolute atomic E-state index is 13.3. The summed E-state index contributed by atoms with van der Waals surface area (Å²) in [6.07, 6.45) is 7.37. The quantitative estimate of drug-likeness (QED) is 0.258. The number of rotatable bonds is 8. The highest BCUT2D eigenvalue weighted by Crippen LogP contribution is 2.32. The first-order valence-corrected chi connectivity index (χ1v) is 12.7.